The average molecular weight is 256 g/mol. The molecule has 0 aliphatic heterocycles. The van der Waals surface area contributed by atoms with Crippen LogP contribution in [-0.2, 0) is 4.79 Å². The Morgan fingerprint density at radius 2 is 2.07 bits per heavy atom. The van der Waals surface area contributed by atoms with Gasteiger partial charge < -0.3 is 0 Å². The third kappa shape index (κ3) is 2.66. The molecule has 0 heterocycles. The molecule has 1 aromatic carbocycles. The van der Waals surface area contributed by atoms with Gasteiger partial charge in [0.25, 0.3) is 0 Å². The van der Waals surface area contributed by atoms with Crippen molar-refractivity contribution >= 4 is 21.7 Å². The highest BCUT2D eigenvalue weighted by molar-refractivity contribution is 9.10. The fraction of sp³-hybridized carbons (Fsp3) is 0.364. The van der Waals surface area contributed by atoms with Gasteiger partial charge in [0.1, 0.15) is 0 Å². The number of rotatable bonds is 3. The van der Waals surface area contributed by atoms with Crippen LogP contribution in [0.2, 0.25) is 0 Å². The molecule has 1 unspecified atom stereocenters. The quantitative estimate of drug-likeness (QED) is 0.828. The van der Waals surface area contributed by atoms with Crippen molar-refractivity contribution in [2.45, 2.75) is 13.0 Å². The molecule has 0 fully saturated rings. The highest BCUT2D eigenvalue weighted by atomic mass is 79.9. The third-order valence-corrected chi connectivity index (χ3v) is 2.56. The van der Waals surface area contributed by atoms with Gasteiger partial charge in [-0.3, -0.25) is 9.69 Å². The van der Waals surface area contributed by atoms with Crippen molar-refractivity contribution in [3.8, 4) is 0 Å². The Kier molecular flexibility index (Phi) is 3.84. The van der Waals surface area contributed by atoms with Gasteiger partial charge in [-0.2, -0.15) is 0 Å². The fourth-order valence-corrected chi connectivity index (χ4v) is 1.99. The van der Waals surface area contributed by atoms with E-state index < -0.39 is 0 Å². The van der Waals surface area contributed by atoms with E-state index in [-0.39, 0.29) is 11.8 Å². The normalized spacial score (nSPS) is 12.9. The molecule has 0 saturated carbocycles. The molecular formula is C11H14BrNO. The number of Topliss-reactive ketones (excluding diaryl/α,β-unsaturated/α-hetero) is 1. The van der Waals surface area contributed by atoms with Crippen molar-refractivity contribution in [3.63, 3.8) is 0 Å². The zero-order valence-electron chi connectivity index (χ0n) is 8.62. The van der Waals surface area contributed by atoms with Crippen molar-refractivity contribution < 1.29 is 4.79 Å². The summed E-state index contributed by atoms with van der Waals surface area (Å²) in [5.74, 6) is 0.160. The van der Waals surface area contributed by atoms with E-state index in [1.165, 1.54) is 0 Å². The number of carbonyl (C=O) groups is 1. The van der Waals surface area contributed by atoms with E-state index in [9.17, 15) is 4.79 Å². The van der Waals surface area contributed by atoms with Crippen molar-refractivity contribution in [1.29, 1.82) is 0 Å². The van der Waals surface area contributed by atoms with Crippen molar-refractivity contribution in [2.75, 3.05) is 14.1 Å². The average Bonchev–Trinajstić information content (AvgIpc) is 2.02. The van der Waals surface area contributed by atoms with Gasteiger partial charge in [-0.15, -0.1) is 0 Å². The summed E-state index contributed by atoms with van der Waals surface area (Å²) in [6.45, 7) is 1.62. The van der Waals surface area contributed by atoms with E-state index in [0.717, 1.165) is 10.0 Å². The van der Waals surface area contributed by atoms with E-state index in [4.69, 9.17) is 0 Å². The zero-order valence-corrected chi connectivity index (χ0v) is 10.2. The molecule has 0 spiro atoms. The molecule has 1 rings (SSSR count). The van der Waals surface area contributed by atoms with Gasteiger partial charge in [0.05, 0.1) is 6.04 Å². The molecule has 0 N–H and O–H groups in total. The Bertz CT molecular complexity index is 336. The number of halogens is 1. The molecule has 0 saturated heterocycles. The lowest BCUT2D eigenvalue weighted by Gasteiger charge is -2.21. The Balaban J connectivity index is 3.05. The van der Waals surface area contributed by atoms with Gasteiger partial charge in [-0.1, -0.05) is 28.1 Å². The predicted octanol–water partition coefficient (Wildman–Crippen LogP) is 2.64. The molecule has 1 aromatic rings. The lowest BCUT2D eigenvalue weighted by molar-refractivity contribution is -0.121. The van der Waals surface area contributed by atoms with E-state index in [1.807, 2.05) is 43.3 Å². The van der Waals surface area contributed by atoms with Crippen molar-refractivity contribution in [1.82, 2.24) is 4.90 Å². The van der Waals surface area contributed by atoms with Gasteiger partial charge in [-0.25, -0.2) is 0 Å². The number of hydrogen-bond donors (Lipinski definition) is 0. The Morgan fingerprint density at radius 1 is 1.43 bits per heavy atom. The molecule has 3 heteroatoms. The second-order valence-electron chi connectivity index (χ2n) is 3.53. The summed E-state index contributed by atoms with van der Waals surface area (Å²) < 4.78 is 1.00. The summed E-state index contributed by atoms with van der Waals surface area (Å²) in [5, 5.41) is 0. The first-order valence-electron chi connectivity index (χ1n) is 4.44. The number of nitrogens with zero attached hydrogens (tertiary/aromatic N) is 1. The SMILES string of the molecule is CC(=O)C(c1cccc(Br)c1)N(C)C. The highest BCUT2D eigenvalue weighted by Crippen LogP contribution is 2.22. The first-order chi connectivity index (χ1) is 6.52. The van der Waals surface area contributed by atoms with Crippen molar-refractivity contribution in [3.05, 3.63) is 34.3 Å². The molecule has 0 amide bonds. The molecule has 14 heavy (non-hydrogen) atoms. The summed E-state index contributed by atoms with van der Waals surface area (Å²) in [6.07, 6.45) is 0. The highest BCUT2D eigenvalue weighted by Gasteiger charge is 2.18. The molecular weight excluding hydrogens is 242 g/mol. The number of benzene rings is 1. The van der Waals surface area contributed by atoms with Crippen LogP contribution in [0.4, 0.5) is 0 Å². The summed E-state index contributed by atoms with van der Waals surface area (Å²) in [7, 11) is 3.82. The van der Waals surface area contributed by atoms with Gasteiger partial charge in [0.15, 0.2) is 5.78 Å². The van der Waals surface area contributed by atoms with Crippen molar-refractivity contribution in [2.24, 2.45) is 0 Å². The smallest absolute Gasteiger partial charge is 0.151 e. The number of ketones is 1. The Hall–Kier alpha value is -0.670. The van der Waals surface area contributed by atoms with Crippen LogP contribution >= 0.6 is 15.9 Å². The van der Waals surface area contributed by atoms with Crippen LogP contribution < -0.4 is 0 Å². The first kappa shape index (κ1) is 11.4. The number of carbonyl (C=O) groups excluding carboxylic acids is 1. The van der Waals surface area contributed by atoms with Gasteiger partial charge in [-0.05, 0) is 38.7 Å². The minimum Gasteiger partial charge on any atom is -0.298 e. The van der Waals surface area contributed by atoms with Crippen LogP contribution in [0.3, 0.4) is 0 Å². The minimum atomic E-state index is -0.146. The molecule has 0 aliphatic carbocycles. The molecule has 1 atom stereocenters. The van der Waals surface area contributed by atoms with Crippen LogP contribution in [0, 0.1) is 0 Å². The van der Waals surface area contributed by atoms with E-state index in [2.05, 4.69) is 15.9 Å². The van der Waals surface area contributed by atoms with Crippen LogP contribution in [0.5, 0.6) is 0 Å². The summed E-state index contributed by atoms with van der Waals surface area (Å²) in [4.78, 5) is 13.4. The maximum Gasteiger partial charge on any atom is 0.151 e. The summed E-state index contributed by atoms with van der Waals surface area (Å²) >= 11 is 3.40. The van der Waals surface area contributed by atoms with Gasteiger partial charge >= 0.3 is 0 Å². The summed E-state index contributed by atoms with van der Waals surface area (Å²) in [6, 6.07) is 7.70. The third-order valence-electron chi connectivity index (χ3n) is 2.07. The molecule has 76 valence electrons. The largest absolute Gasteiger partial charge is 0.298 e. The van der Waals surface area contributed by atoms with E-state index >= 15 is 0 Å². The monoisotopic (exact) mass is 255 g/mol. The molecule has 0 aliphatic rings. The van der Waals surface area contributed by atoms with Crippen LogP contribution in [0.15, 0.2) is 28.7 Å². The first-order valence-corrected chi connectivity index (χ1v) is 5.24. The van der Waals surface area contributed by atoms with Crippen LogP contribution in [-0.4, -0.2) is 24.8 Å². The van der Waals surface area contributed by atoms with E-state index in [0.29, 0.717) is 0 Å². The molecule has 0 radical (unpaired) electrons. The minimum absolute atomic E-state index is 0.146. The van der Waals surface area contributed by atoms with Crippen LogP contribution in [0.25, 0.3) is 0 Å². The second-order valence-corrected chi connectivity index (χ2v) is 4.45. The standard InChI is InChI=1S/C11H14BrNO/c1-8(14)11(13(2)3)9-5-4-6-10(12)7-9/h4-7,11H,1-3H3. The topological polar surface area (TPSA) is 20.3 Å². The maximum absolute atomic E-state index is 11.4. The Morgan fingerprint density at radius 3 is 2.50 bits per heavy atom. The predicted molar refractivity (Wildman–Crippen MR) is 61.3 cm³/mol. The Labute approximate surface area is 93.0 Å². The lowest BCUT2D eigenvalue weighted by atomic mass is 10.0. The van der Waals surface area contributed by atoms with E-state index in [1.54, 1.807) is 6.92 Å². The van der Waals surface area contributed by atoms with Gasteiger partial charge in [0.2, 0.25) is 0 Å². The number of hydrogen-bond acceptors (Lipinski definition) is 2. The maximum atomic E-state index is 11.4. The molecule has 0 aromatic heterocycles. The second kappa shape index (κ2) is 4.71. The fourth-order valence-electron chi connectivity index (χ4n) is 1.57. The van der Waals surface area contributed by atoms with Gasteiger partial charge in [0, 0.05) is 4.47 Å². The zero-order chi connectivity index (χ0) is 10.7. The molecule has 0 bridgehead atoms. The lowest BCUT2D eigenvalue weighted by Crippen LogP contribution is -2.25. The molecule has 2 nitrogen and oxygen atoms in total. The van der Waals surface area contributed by atoms with Crippen LogP contribution in [0.1, 0.15) is 18.5 Å². The summed E-state index contributed by atoms with van der Waals surface area (Å²) in [5.41, 5.74) is 1.02. The number of likely N-dealkylation sites (N-methyl/N-ethyl adjacent to an activating group) is 1.